The lowest BCUT2D eigenvalue weighted by Gasteiger charge is -2.09. The van der Waals surface area contributed by atoms with E-state index in [0.29, 0.717) is 22.1 Å². The second-order valence-electron chi connectivity index (χ2n) is 4.47. The van der Waals surface area contributed by atoms with Crippen molar-refractivity contribution in [1.82, 2.24) is 4.72 Å². The molecule has 1 aromatic rings. The Kier molecular flexibility index (Phi) is 2.67. The van der Waals surface area contributed by atoms with Gasteiger partial charge in [0.05, 0.1) is 4.90 Å². The molecule has 5 heteroatoms. The van der Waals surface area contributed by atoms with E-state index in [4.69, 9.17) is 5.73 Å². The average Bonchev–Trinajstić information content (AvgIpc) is 2.79. The van der Waals surface area contributed by atoms with Crippen molar-refractivity contribution in [2.45, 2.75) is 31.2 Å². The third-order valence-corrected chi connectivity index (χ3v) is 4.55. The van der Waals surface area contributed by atoms with Crippen LogP contribution in [0.1, 0.15) is 18.9 Å². The molecule has 0 aliphatic heterocycles. The first-order valence-corrected chi connectivity index (χ1v) is 6.77. The molecular weight excluding hydrogens is 224 g/mol. The Morgan fingerprint density at radius 2 is 2.06 bits per heavy atom. The van der Waals surface area contributed by atoms with Gasteiger partial charge in [-0.15, -0.1) is 0 Å². The van der Waals surface area contributed by atoms with Crippen LogP contribution in [-0.2, 0) is 10.0 Å². The zero-order valence-electron chi connectivity index (χ0n) is 9.40. The maximum atomic E-state index is 12.0. The van der Waals surface area contributed by atoms with Crippen molar-refractivity contribution in [3.63, 3.8) is 0 Å². The van der Waals surface area contributed by atoms with Gasteiger partial charge in [-0.1, -0.05) is 6.92 Å². The van der Waals surface area contributed by atoms with Crippen molar-refractivity contribution in [2.75, 3.05) is 5.73 Å². The molecule has 2 rings (SSSR count). The number of benzene rings is 1. The quantitative estimate of drug-likeness (QED) is 0.781. The van der Waals surface area contributed by atoms with E-state index in [1.54, 1.807) is 25.1 Å². The van der Waals surface area contributed by atoms with Gasteiger partial charge < -0.3 is 5.73 Å². The summed E-state index contributed by atoms with van der Waals surface area (Å²) >= 11 is 0. The highest BCUT2D eigenvalue weighted by Crippen LogP contribution is 2.31. The lowest BCUT2D eigenvalue weighted by molar-refractivity contribution is 0.578. The van der Waals surface area contributed by atoms with Crippen LogP contribution in [0.25, 0.3) is 0 Å². The molecule has 1 aromatic carbocycles. The zero-order chi connectivity index (χ0) is 11.9. The molecule has 0 bridgehead atoms. The summed E-state index contributed by atoms with van der Waals surface area (Å²) < 4.78 is 26.7. The Balaban J connectivity index is 2.28. The van der Waals surface area contributed by atoms with Gasteiger partial charge in [0.25, 0.3) is 0 Å². The molecule has 1 aliphatic carbocycles. The maximum absolute atomic E-state index is 12.0. The van der Waals surface area contributed by atoms with E-state index in [1.165, 1.54) is 0 Å². The first-order chi connectivity index (χ1) is 7.40. The molecule has 1 aliphatic rings. The first kappa shape index (κ1) is 11.4. The Morgan fingerprint density at radius 3 is 2.56 bits per heavy atom. The topological polar surface area (TPSA) is 72.2 Å². The van der Waals surface area contributed by atoms with E-state index >= 15 is 0 Å². The minimum Gasteiger partial charge on any atom is -0.399 e. The molecule has 0 radical (unpaired) electrons. The highest BCUT2D eigenvalue weighted by atomic mass is 32.2. The van der Waals surface area contributed by atoms with Crippen molar-refractivity contribution in [1.29, 1.82) is 0 Å². The average molecular weight is 240 g/mol. The maximum Gasteiger partial charge on any atom is 0.241 e. The fourth-order valence-corrected chi connectivity index (χ4v) is 3.31. The van der Waals surface area contributed by atoms with Crippen LogP contribution in [-0.4, -0.2) is 14.5 Å². The number of sulfonamides is 1. The third kappa shape index (κ3) is 2.20. The summed E-state index contributed by atoms with van der Waals surface area (Å²) in [4.78, 5) is 0.320. The van der Waals surface area contributed by atoms with Crippen LogP contribution in [0, 0.1) is 12.8 Å². The Labute approximate surface area is 95.9 Å². The Morgan fingerprint density at radius 1 is 1.44 bits per heavy atom. The highest BCUT2D eigenvalue weighted by molar-refractivity contribution is 7.89. The monoisotopic (exact) mass is 240 g/mol. The number of nitrogens with one attached hydrogen (secondary N) is 1. The van der Waals surface area contributed by atoms with Gasteiger partial charge in [0, 0.05) is 11.7 Å². The molecule has 2 unspecified atom stereocenters. The predicted octanol–water partition coefficient (Wildman–Crippen LogP) is 1.26. The predicted molar refractivity (Wildman–Crippen MR) is 63.5 cm³/mol. The Hall–Kier alpha value is -1.07. The molecule has 88 valence electrons. The molecule has 0 aromatic heterocycles. The largest absolute Gasteiger partial charge is 0.399 e. The molecule has 1 saturated carbocycles. The number of hydrogen-bond donors (Lipinski definition) is 2. The van der Waals surface area contributed by atoms with Crippen LogP contribution in [0.3, 0.4) is 0 Å². The van der Waals surface area contributed by atoms with Crippen molar-refractivity contribution < 1.29 is 8.42 Å². The van der Waals surface area contributed by atoms with Crippen LogP contribution in [0.2, 0.25) is 0 Å². The van der Waals surface area contributed by atoms with Crippen LogP contribution in [0.5, 0.6) is 0 Å². The van der Waals surface area contributed by atoms with Crippen LogP contribution < -0.4 is 10.5 Å². The van der Waals surface area contributed by atoms with Gasteiger partial charge in [-0.3, -0.25) is 0 Å². The van der Waals surface area contributed by atoms with Gasteiger partial charge in [-0.25, -0.2) is 13.1 Å². The van der Waals surface area contributed by atoms with Gasteiger partial charge in [0.15, 0.2) is 0 Å². The summed E-state index contributed by atoms with van der Waals surface area (Å²) in [6.07, 6.45) is 0.924. The van der Waals surface area contributed by atoms with E-state index in [9.17, 15) is 8.42 Å². The standard InChI is InChI=1S/C11H16N2O2S/c1-7-6-10(7)13-16(14,15)11-4-3-9(12)5-8(11)2/h3-5,7,10,13H,6,12H2,1-2H3. The van der Waals surface area contributed by atoms with Crippen LogP contribution in [0.15, 0.2) is 23.1 Å². The first-order valence-electron chi connectivity index (χ1n) is 5.28. The smallest absolute Gasteiger partial charge is 0.241 e. The number of hydrogen-bond acceptors (Lipinski definition) is 3. The molecule has 4 nitrogen and oxygen atoms in total. The van der Waals surface area contributed by atoms with E-state index in [2.05, 4.69) is 4.72 Å². The lowest BCUT2D eigenvalue weighted by Crippen LogP contribution is -2.27. The molecule has 3 N–H and O–H groups in total. The number of nitrogens with two attached hydrogens (primary N) is 1. The van der Waals surface area contributed by atoms with Crippen LogP contribution >= 0.6 is 0 Å². The number of aryl methyl sites for hydroxylation is 1. The number of anilines is 1. The molecule has 0 amide bonds. The van der Waals surface area contributed by atoms with Crippen molar-refractivity contribution >= 4 is 15.7 Å². The van der Waals surface area contributed by atoms with E-state index in [0.717, 1.165) is 6.42 Å². The van der Waals surface area contributed by atoms with Crippen molar-refractivity contribution in [3.05, 3.63) is 23.8 Å². The van der Waals surface area contributed by atoms with E-state index in [-0.39, 0.29) is 6.04 Å². The van der Waals surface area contributed by atoms with Gasteiger partial charge in [-0.05, 0) is 43.0 Å². The zero-order valence-corrected chi connectivity index (χ0v) is 10.2. The highest BCUT2D eigenvalue weighted by Gasteiger charge is 2.36. The van der Waals surface area contributed by atoms with Gasteiger partial charge in [0.1, 0.15) is 0 Å². The summed E-state index contributed by atoms with van der Waals surface area (Å²) in [6.45, 7) is 3.78. The Bertz CT molecular complexity index is 511. The van der Waals surface area contributed by atoms with Gasteiger partial charge in [-0.2, -0.15) is 0 Å². The summed E-state index contributed by atoms with van der Waals surface area (Å²) in [5, 5.41) is 0. The summed E-state index contributed by atoms with van der Waals surface area (Å²) in [5.41, 5.74) is 6.85. The molecule has 1 fully saturated rings. The van der Waals surface area contributed by atoms with Crippen molar-refractivity contribution in [3.8, 4) is 0 Å². The fourth-order valence-electron chi connectivity index (χ4n) is 1.72. The molecular formula is C11H16N2O2S. The minimum absolute atomic E-state index is 0.0990. The summed E-state index contributed by atoms with van der Waals surface area (Å²) in [6, 6.07) is 4.94. The third-order valence-electron chi connectivity index (χ3n) is 2.90. The molecule has 16 heavy (non-hydrogen) atoms. The van der Waals surface area contributed by atoms with Crippen LogP contribution in [0.4, 0.5) is 5.69 Å². The minimum atomic E-state index is -3.38. The SMILES string of the molecule is Cc1cc(N)ccc1S(=O)(=O)NC1CC1C. The fraction of sp³-hybridized carbons (Fsp3) is 0.455. The van der Waals surface area contributed by atoms with E-state index < -0.39 is 10.0 Å². The van der Waals surface area contributed by atoms with Gasteiger partial charge >= 0.3 is 0 Å². The van der Waals surface area contributed by atoms with E-state index in [1.807, 2.05) is 6.92 Å². The molecule has 0 saturated heterocycles. The second kappa shape index (κ2) is 3.75. The number of nitrogen functional groups attached to an aromatic ring is 1. The van der Waals surface area contributed by atoms with Crippen molar-refractivity contribution in [2.24, 2.45) is 5.92 Å². The summed E-state index contributed by atoms with van der Waals surface area (Å²) in [7, 11) is -3.38. The lowest BCUT2D eigenvalue weighted by atomic mass is 10.2. The number of rotatable bonds is 3. The summed E-state index contributed by atoms with van der Waals surface area (Å²) in [5.74, 6) is 0.448. The molecule has 0 spiro atoms. The molecule has 2 atom stereocenters. The normalized spacial score (nSPS) is 24.4. The van der Waals surface area contributed by atoms with Gasteiger partial charge in [0.2, 0.25) is 10.0 Å². The molecule has 0 heterocycles. The second-order valence-corrected chi connectivity index (χ2v) is 6.15.